The van der Waals surface area contributed by atoms with Crippen molar-refractivity contribution in [1.82, 2.24) is 20.2 Å². The molecular formula is C25H28F5N5O3S. The highest BCUT2D eigenvalue weighted by Gasteiger charge is 2.44. The van der Waals surface area contributed by atoms with Crippen molar-refractivity contribution in [2.24, 2.45) is 0 Å². The Hall–Kier alpha value is -2.87. The molecule has 4 heterocycles. The van der Waals surface area contributed by atoms with Gasteiger partial charge in [-0.05, 0) is 51.0 Å². The number of fused-ring (bicyclic) bond motifs is 2. The Bertz CT molecular complexity index is 1230. The molecular weight excluding hydrogens is 545 g/mol. The van der Waals surface area contributed by atoms with Gasteiger partial charge < -0.3 is 20.6 Å². The van der Waals surface area contributed by atoms with Gasteiger partial charge in [-0.1, -0.05) is 6.92 Å². The van der Waals surface area contributed by atoms with Gasteiger partial charge in [0.05, 0.1) is 11.0 Å². The van der Waals surface area contributed by atoms with E-state index in [9.17, 15) is 36.6 Å². The monoisotopic (exact) mass is 573 g/mol. The first-order chi connectivity index (χ1) is 18.5. The van der Waals surface area contributed by atoms with Crippen molar-refractivity contribution in [2.75, 3.05) is 5.32 Å². The quantitative estimate of drug-likeness (QED) is 0.388. The number of carbonyl (C=O) groups excluding carboxylic acids is 2. The molecule has 1 aliphatic carbocycles. The zero-order valence-electron chi connectivity index (χ0n) is 21.0. The number of nitrogens with one attached hydrogen (secondary N) is 2. The number of rotatable bonds is 8. The van der Waals surface area contributed by atoms with Crippen LogP contribution in [0.4, 0.5) is 27.8 Å². The van der Waals surface area contributed by atoms with E-state index in [1.807, 2.05) is 0 Å². The molecule has 5 rings (SSSR count). The second kappa shape index (κ2) is 10.6. The van der Waals surface area contributed by atoms with E-state index < -0.39 is 42.1 Å². The van der Waals surface area contributed by atoms with Crippen molar-refractivity contribution in [1.29, 1.82) is 0 Å². The fourth-order valence-corrected chi connectivity index (χ4v) is 6.57. The minimum absolute atomic E-state index is 0.0124. The number of amides is 2. The largest absolute Gasteiger partial charge is 0.408 e. The third kappa shape index (κ3) is 5.45. The van der Waals surface area contributed by atoms with Gasteiger partial charge in [-0.3, -0.25) is 9.59 Å². The van der Waals surface area contributed by atoms with Crippen LogP contribution in [0.2, 0.25) is 0 Å². The number of anilines is 1. The first kappa shape index (κ1) is 27.7. The molecule has 3 N–H and O–H groups in total. The molecule has 2 amide bonds. The molecule has 1 atom stereocenters. The molecule has 2 aromatic rings. The zero-order chi connectivity index (χ0) is 28.1. The lowest BCUT2D eigenvalue weighted by molar-refractivity contribution is -0.142. The van der Waals surface area contributed by atoms with Crippen LogP contribution in [-0.4, -0.2) is 68.2 Å². The molecule has 212 valence electrons. The van der Waals surface area contributed by atoms with Crippen LogP contribution in [0.3, 0.4) is 0 Å². The van der Waals surface area contributed by atoms with Crippen LogP contribution >= 0.6 is 11.3 Å². The van der Waals surface area contributed by atoms with E-state index in [-0.39, 0.29) is 51.5 Å². The number of halogens is 5. The number of aliphatic hydroxyl groups is 1. The van der Waals surface area contributed by atoms with Gasteiger partial charge in [0.1, 0.15) is 17.6 Å². The number of thiazole rings is 1. The fraction of sp³-hybridized carbons (Fsp3) is 0.600. The van der Waals surface area contributed by atoms with E-state index in [1.54, 1.807) is 4.90 Å². The van der Waals surface area contributed by atoms with Gasteiger partial charge >= 0.3 is 6.18 Å². The van der Waals surface area contributed by atoms with Gasteiger partial charge in [0.25, 0.3) is 18.2 Å². The lowest BCUT2D eigenvalue weighted by Crippen LogP contribution is -2.46. The third-order valence-electron chi connectivity index (χ3n) is 7.70. The number of hydrogen-bond donors (Lipinski definition) is 3. The first-order valence-electron chi connectivity index (χ1n) is 12.9. The van der Waals surface area contributed by atoms with Gasteiger partial charge in [-0.2, -0.15) is 13.2 Å². The molecule has 0 spiro atoms. The summed E-state index contributed by atoms with van der Waals surface area (Å²) in [5.74, 6) is -1.44. The van der Waals surface area contributed by atoms with Crippen LogP contribution in [0.1, 0.15) is 84.1 Å². The smallest absolute Gasteiger partial charge is 0.393 e. The summed E-state index contributed by atoms with van der Waals surface area (Å²) in [6.45, 7) is 1.31. The number of carbonyl (C=O) groups is 2. The van der Waals surface area contributed by atoms with Gasteiger partial charge in [-0.25, -0.2) is 18.7 Å². The Balaban J connectivity index is 1.52. The molecule has 3 aliphatic rings. The molecule has 14 heteroatoms. The molecule has 2 bridgehead atoms. The Morgan fingerprint density at radius 2 is 1.82 bits per heavy atom. The Kier molecular flexibility index (Phi) is 7.53. The van der Waals surface area contributed by atoms with E-state index in [0.29, 0.717) is 12.8 Å². The number of alkyl halides is 5. The highest BCUT2D eigenvalue weighted by Crippen LogP contribution is 2.42. The van der Waals surface area contributed by atoms with E-state index in [4.69, 9.17) is 0 Å². The summed E-state index contributed by atoms with van der Waals surface area (Å²) >= 11 is 0.761. The third-order valence-corrected chi connectivity index (χ3v) is 8.79. The molecule has 3 fully saturated rings. The number of aromatic nitrogens is 2. The van der Waals surface area contributed by atoms with Crippen LogP contribution in [-0.2, 0) is 0 Å². The highest BCUT2D eigenvalue weighted by molar-refractivity contribution is 7.17. The molecule has 2 saturated heterocycles. The molecule has 1 saturated carbocycles. The SMILES string of the molecule is CC[C@H](Nc1cc(C(F)F)c(-c2sc(C(=O)N[C@H]3C[C@H](O)C3)nc2C(=O)N2[C@H]3CC[C@H]2CC3)cn1)C(F)(F)F. The second-order valence-electron chi connectivity index (χ2n) is 10.3. The van der Waals surface area contributed by atoms with Gasteiger partial charge in [-0.15, -0.1) is 11.3 Å². The van der Waals surface area contributed by atoms with Crippen LogP contribution in [0, 0.1) is 0 Å². The normalized spacial score (nSPS) is 25.1. The van der Waals surface area contributed by atoms with Gasteiger partial charge in [0, 0.05) is 35.4 Å². The molecule has 0 radical (unpaired) electrons. The average Bonchev–Trinajstić information content (AvgIpc) is 3.59. The highest BCUT2D eigenvalue weighted by atomic mass is 32.1. The predicted octanol–water partition coefficient (Wildman–Crippen LogP) is 4.92. The van der Waals surface area contributed by atoms with E-state index in [1.165, 1.54) is 6.92 Å². The van der Waals surface area contributed by atoms with Gasteiger partial charge in [0.2, 0.25) is 0 Å². The average molecular weight is 574 g/mol. The maximum atomic E-state index is 14.2. The number of pyridine rings is 1. The van der Waals surface area contributed by atoms with Crippen molar-refractivity contribution < 1.29 is 36.6 Å². The molecule has 39 heavy (non-hydrogen) atoms. The molecule has 2 aromatic heterocycles. The van der Waals surface area contributed by atoms with Crippen molar-refractivity contribution in [3.05, 3.63) is 28.5 Å². The molecule has 0 aromatic carbocycles. The first-order valence-corrected chi connectivity index (χ1v) is 13.7. The zero-order valence-corrected chi connectivity index (χ0v) is 21.8. The Morgan fingerprint density at radius 3 is 2.36 bits per heavy atom. The van der Waals surface area contributed by atoms with Crippen molar-refractivity contribution in [2.45, 2.75) is 94.7 Å². The topological polar surface area (TPSA) is 107 Å². The molecule has 0 unspecified atom stereocenters. The summed E-state index contributed by atoms with van der Waals surface area (Å²) in [5, 5.41) is 14.3. The van der Waals surface area contributed by atoms with E-state index in [2.05, 4.69) is 20.6 Å². The number of aliphatic hydroxyl groups excluding tert-OH is 1. The van der Waals surface area contributed by atoms with Crippen molar-refractivity contribution >= 4 is 29.0 Å². The standard InChI is InChI=1S/C25H28F5N5O3S/c1-2-17(25(28,29)30)33-18-9-15(21(26)27)16(10-31-18)20-19(24(38)35-12-3-4-13(35)6-5-12)34-23(39-20)22(37)32-11-7-14(36)8-11/h9-14,17,21,36H,2-8H2,1H3,(H,31,33)(H,32,37)/t11-,12-,13-,14-,17-/m0/s1. The summed E-state index contributed by atoms with van der Waals surface area (Å²) in [6.07, 6.45) is -3.49. The second-order valence-corrected chi connectivity index (χ2v) is 11.3. The minimum Gasteiger partial charge on any atom is -0.393 e. The summed E-state index contributed by atoms with van der Waals surface area (Å²) < 4.78 is 68.2. The maximum Gasteiger partial charge on any atom is 0.408 e. The summed E-state index contributed by atoms with van der Waals surface area (Å²) in [6, 6.07) is -1.38. The van der Waals surface area contributed by atoms with E-state index in [0.717, 1.165) is 49.3 Å². The van der Waals surface area contributed by atoms with Crippen LogP contribution in [0.5, 0.6) is 0 Å². The van der Waals surface area contributed by atoms with Gasteiger partial charge in [0.15, 0.2) is 5.01 Å². The molecule has 2 aliphatic heterocycles. The summed E-state index contributed by atoms with van der Waals surface area (Å²) in [4.78, 5) is 36.6. The van der Waals surface area contributed by atoms with Crippen LogP contribution in [0.15, 0.2) is 12.3 Å². The minimum atomic E-state index is -4.61. The molecule has 8 nitrogen and oxygen atoms in total. The number of hydrogen-bond acceptors (Lipinski definition) is 7. The Morgan fingerprint density at radius 1 is 1.18 bits per heavy atom. The summed E-state index contributed by atoms with van der Waals surface area (Å²) in [7, 11) is 0. The van der Waals surface area contributed by atoms with Crippen LogP contribution < -0.4 is 10.6 Å². The fourth-order valence-electron chi connectivity index (χ4n) is 5.58. The van der Waals surface area contributed by atoms with Crippen molar-refractivity contribution in [3.8, 4) is 10.4 Å². The summed E-state index contributed by atoms with van der Waals surface area (Å²) in [5.41, 5.74) is -0.939. The lowest BCUT2D eigenvalue weighted by atomic mass is 9.89. The van der Waals surface area contributed by atoms with E-state index >= 15 is 0 Å². The lowest BCUT2D eigenvalue weighted by Gasteiger charge is -2.31. The van der Waals surface area contributed by atoms with Crippen LogP contribution in [0.25, 0.3) is 10.4 Å². The number of nitrogens with zero attached hydrogens (tertiary/aromatic N) is 3. The maximum absolute atomic E-state index is 14.2. The predicted molar refractivity (Wildman–Crippen MR) is 133 cm³/mol. The van der Waals surface area contributed by atoms with Crippen molar-refractivity contribution in [3.63, 3.8) is 0 Å². The Labute approximate surface area is 225 Å².